The van der Waals surface area contributed by atoms with Crippen LogP contribution in [0.1, 0.15) is 19.8 Å². The lowest BCUT2D eigenvalue weighted by atomic mass is 10.2. The van der Waals surface area contributed by atoms with Crippen LogP contribution in [0.15, 0.2) is 24.8 Å². The lowest BCUT2D eigenvalue weighted by molar-refractivity contribution is 0.822. The van der Waals surface area contributed by atoms with Gasteiger partial charge in [-0.25, -0.2) is 9.97 Å². The zero-order valence-electron chi connectivity index (χ0n) is 8.57. The number of aromatic nitrogens is 3. The first-order chi connectivity index (χ1) is 7.27. The predicted octanol–water partition coefficient (Wildman–Crippen LogP) is 1.99. The van der Waals surface area contributed by atoms with Crippen LogP contribution in [-0.2, 0) is 0 Å². The summed E-state index contributed by atoms with van der Waals surface area (Å²) in [5.41, 5.74) is 1.13. The molecule has 1 aliphatic rings. The lowest BCUT2D eigenvalue weighted by Gasteiger charge is -2.13. The first kappa shape index (κ1) is 8.59. The van der Waals surface area contributed by atoms with Crippen molar-refractivity contribution in [3.05, 3.63) is 24.8 Å². The summed E-state index contributed by atoms with van der Waals surface area (Å²) >= 11 is 0. The van der Waals surface area contributed by atoms with Crippen LogP contribution >= 0.6 is 0 Å². The molecule has 0 aromatic carbocycles. The van der Waals surface area contributed by atoms with E-state index in [2.05, 4.69) is 27.2 Å². The Morgan fingerprint density at radius 1 is 1.33 bits per heavy atom. The number of pyridine rings is 1. The quantitative estimate of drug-likeness (QED) is 0.805. The van der Waals surface area contributed by atoms with Crippen molar-refractivity contribution in [2.24, 2.45) is 0 Å². The standard InChI is InChI=1S/C11H12N4/c1-11(3-4-11)15-10-8-2-5-12-6-9(8)13-7-14-10/h2,5-7H,3-4H2,1H3,(H,13,14,15). The molecule has 4 heteroatoms. The third-order valence-corrected chi connectivity index (χ3v) is 2.86. The molecule has 0 unspecified atom stereocenters. The van der Waals surface area contributed by atoms with Gasteiger partial charge in [-0.2, -0.15) is 0 Å². The zero-order chi connectivity index (χ0) is 10.3. The molecule has 0 spiro atoms. The minimum Gasteiger partial charge on any atom is -0.364 e. The van der Waals surface area contributed by atoms with Gasteiger partial charge < -0.3 is 5.32 Å². The van der Waals surface area contributed by atoms with Crippen molar-refractivity contribution in [2.45, 2.75) is 25.3 Å². The van der Waals surface area contributed by atoms with Crippen LogP contribution < -0.4 is 5.32 Å². The molecule has 0 saturated heterocycles. The van der Waals surface area contributed by atoms with Gasteiger partial charge in [0.25, 0.3) is 0 Å². The molecule has 0 aliphatic heterocycles. The van der Waals surface area contributed by atoms with E-state index in [4.69, 9.17) is 0 Å². The molecule has 3 rings (SSSR count). The molecule has 76 valence electrons. The van der Waals surface area contributed by atoms with Crippen molar-refractivity contribution in [2.75, 3.05) is 5.32 Å². The minimum absolute atomic E-state index is 0.241. The summed E-state index contributed by atoms with van der Waals surface area (Å²) < 4.78 is 0. The maximum absolute atomic E-state index is 4.28. The first-order valence-electron chi connectivity index (χ1n) is 5.10. The van der Waals surface area contributed by atoms with Gasteiger partial charge in [-0.3, -0.25) is 4.98 Å². The second-order valence-electron chi connectivity index (χ2n) is 4.30. The number of hydrogen-bond acceptors (Lipinski definition) is 4. The Morgan fingerprint density at radius 2 is 2.20 bits per heavy atom. The summed E-state index contributed by atoms with van der Waals surface area (Å²) in [5.74, 6) is 0.919. The Labute approximate surface area is 87.8 Å². The molecule has 1 aliphatic carbocycles. The van der Waals surface area contributed by atoms with Gasteiger partial charge in [0.05, 0.1) is 11.7 Å². The van der Waals surface area contributed by atoms with E-state index in [1.165, 1.54) is 12.8 Å². The zero-order valence-corrected chi connectivity index (χ0v) is 8.57. The van der Waals surface area contributed by atoms with Crippen LogP contribution in [0.2, 0.25) is 0 Å². The van der Waals surface area contributed by atoms with Crippen molar-refractivity contribution in [3.63, 3.8) is 0 Å². The van der Waals surface area contributed by atoms with Gasteiger partial charge in [-0.1, -0.05) is 0 Å². The van der Waals surface area contributed by atoms with Gasteiger partial charge in [0.1, 0.15) is 12.1 Å². The largest absolute Gasteiger partial charge is 0.364 e. The summed E-state index contributed by atoms with van der Waals surface area (Å²) in [6, 6.07) is 1.95. The normalized spacial score (nSPS) is 17.7. The number of hydrogen-bond donors (Lipinski definition) is 1. The van der Waals surface area contributed by atoms with E-state index in [1.54, 1.807) is 18.7 Å². The van der Waals surface area contributed by atoms with Crippen molar-refractivity contribution < 1.29 is 0 Å². The average Bonchev–Trinajstić information content (AvgIpc) is 2.97. The summed E-state index contributed by atoms with van der Waals surface area (Å²) in [6.07, 6.45) is 7.54. The van der Waals surface area contributed by atoms with Gasteiger partial charge >= 0.3 is 0 Å². The Bertz CT molecular complexity index is 499. The van der Waals surface area contributed by atoms with E-state index in [1.807, 2.05) is 6.07 Å². The molecule has 0 radical (unpaired) electrons. The highest BCUT2D eigenvalue weighted by Gasteiger charge is 2.37. The topological polar surface area (TPSA) is 50.7 Å². The molecular weight excluding hydrogens is 188 g/mol. The van der Waals surface area contributed by atoms with E-state index < -0.39 is 0 Å². The van der Waals surface area contributed by atoms with Crippen LogP contribution in [0.4, 0.5) is 5.82 Å². The maximum Gasteiger partial charge on any atom is 0.137 e. The molecule has 1 saturated carbocycles. The summed E-state index contributed by atoms with van der Waals surface area (Å²) in [7, 11) is 0. The number of fused-ring (bicyclic) bond motifs is 1. The molecule has 1 fully saturated rings. The molecule has 4 nitrogen and oxygen atoms in total. The van der Waals surface area contributed by atoms with Crippen LogP contribution in [0, 0.1) is 0 Å². The summed E-state index contributed by atoms with van der Waals surface area (Å²) in [5, 5.41) is 4.50. The third-order valence-electron chi connectivity index (χ3n) is 2.86. The van der Waals surface area contributed by atoms with Crippen LogP contribution in [-0.4, -0.2) is 20.5 Å². The number of nitrogens with one attached hydrogen (secondary N) is 1. The number of rotatable bonds is 2. The summed E-state index contributed by atoms with van der Waals surface area (Å²) in [4.78, 5) is 12.5. The Hall–Kier alpha value is -1.71. The van der Waals surface area contributed by atoms with Crippen molar-refractivity contribution in [1.82, 2.24) is 15.0 Å². The molecule has 2 heterocycles. The number of anilines is 1. The molecule has 15 heavy (non-hydrogen) atoms. The van der Waals surface area contributed by atoms with E-state index in [-0.39, 0.29) is 5.54 Å². The highest BCUT2D eigenvalue weighted by atomic mass is 15.1. The van der Waals surface area contributed by atoms with Crippen molar-refractivity contribution in [1.29, 1.82) is 0 Å². The molecule has 0 bridgehead atoms. The maximum atomic E-state index is 4.28. The molecule has 0 atom stereocenters. The molecule has 2 aromatic rings. The second-order valence-corrected chi connectivity index (χ2v) is 4.30. The fraction of sp³-hybridized carbons (Fsp3) is 0.364. The first-order valence-corrected chi connectivity index (χ1v) is 5.10. The predicted molar refractivity (Wildman–Crippen MR) is 58.6 cm³/mol. The smallest absolute Gasteiger partial charge is 0.137 e. The highest BCUT2D eigenvalue weighted by Crippen LogP contribution is 2.38. The number of nitrogens with zero attached hydrogens (tertiary/aromatic N) is 3. The minimum atomic E-state index is 0.241. The van der Waals surface area contributed by atoms with Crippen LogP contribution in [0.25, 0.3) is 10.9 Å². The van der Waals surface area contributed by atoms with Crippen LogP contribution in [0.5, 0.6) is 0 Å². The van der Waals surface area contributed by atoms with Gasteiger partial charge in [-0.15, -0.1) is 0 Å². The van der Waals surface area contributed by atoms with Gasteiger partial charge in [0.15, 0.2) is 0 Å². The SMILES string of the molecule is CC1(Nc2ncnc3cnccc23)CC1. The van der Waals surface area contributed by atoms with Gasteiger partial charge in [-0.05, 0) is 25.8 Å². The van der Waals surface area contributed by atoms with Crippen LogP contribution in [0.3, 0.4) is 0 Å². The van der Waals surface area contributed by atoms with Crippen molar-refractivity contribution in [3.8, 4) is 0 Å². The highest BCUT2D eigenvalue weighted by molar-refractivity contribution is 5.88. The Balaban J connectivity index is 2.09. The van der Waals surface area contributed by atoms with E-state index in [9.17, 15) is 0 Å². The second kappa shape index (κ2) is 2.89. The fourth-order valence-electron chi connectivity index (χ4n) is 1.61. The molecule has 2 aromatic heterocycles. The molecular formula is C11H12N4. The lowest BCUT2D eigenvalue weighted by Crippen LogP contribution is -2.17. The van der Waals surface area contributed by atoms with Crippen molar-refractivity contribution >= 4 is 16.7 Å². The van der Waals surface area contributed by atoms with E-state index in [0.29, 0.717) is 0 Å². The monoisotopic (exact) mass is 200 g/mol. The fourth-order valence-corrected chi connectivity index (χ4v) is 1.61. The average molecular weight is 200 g/mol. The molecule has 0 amide bonds. The molecule has 1 N–H and O–H groups in total. The summed E-state index contributed by atoms with van der Waals surface area (Å²) in [6.45, 7) is 2.21. The van der Waals surface area contributed by atoms with Gasteiger partial charge in [0, 0.05) is 17.1 Å². The Kier molecular flexibility index (Phi) is 1.65. The third kappa shape index (κ3) is 1.52. The Morgan fingerprint density at radius 3 is 3.00 bits per heavy atom. The van der Waals surface area contributed by atoms with E-state index >= 15 is 0 Å². The van der Waals surface area contributed by atoms with Gasteiger partial charge in [0.2, 0.25) is 0 Å². The van der Waals surface area contributed by atoms with E-state index in [0.717, 1.165) is 16.7 Å².